The second-order valence-electron chi connectivity index (χ2n) is 5.11. The largest absolute Gasteiger partial charge is 0.490 e. The fourth-order valence-electron chi connectivity index (χ4n) is 2.74. The fraction of sp³-hybridized carbons (Fsp3) is 0.571. The first-order chi connectivity index (χ1) is 9.62. The van der Waals surface area contributed by atoms with Crippen molar-refractivity contribution in [3.8, 4) is 11.5 Å². The summed E-state index contributed by atoms with van der Waals surface area (Å²) in [6.07, 6.45) is 1.41. The summed E-state index contributed by atoms with van der Waals surface area (Å²) in [5, 5.41) is 3.34. The number of hydrogen-bond donors (Lipinski definition) is 1. The molecule has 1 atom stereocenters. The molecule has 5 nitrogen and oxygen atoms in total. The van der Waals surface area contributed by atoms with Crippen molar-refractivity contribution in [1.29, 1.82) is 0 Å². The first-order valence-electron chi connectivity index (χ1n) is 7.01. The maximum absolute atomic E-state index is 12.3. The molecule has 6 heteroatoms. The second kappa shape index (κ2) is 5.26. The summed E-state index contributed by atoms with van der Waals surface area (Å²) in [5.74, 6) is 1.38. The number of hydrogen-bond acceptors (Lipinski definition) is 5. The van der Waals surface area contributed by atoms with Crippen LogP contribution in [0.2, 0.25) is 0 Å². The average molecular weight is 297 g/mol. The Labute approximate surface area is 119 Å². The lowest BCUT2D eigenvalue weighted by Gasteiger charge is -2.27. The minimum Gasteiger partial charge on any atom is -0.490 e. The van der Waals surface area contributed by atoms with Gasteiger partial charge in [-0.05, 0) is 24.6 Å². The zero-order valence-corrected chi connectivity index (χ0v) is 12.3. The Morgan fingerprint density at radius 1 is 1.25 bits per heavy atom. The van der Waals surface area contributed by atoms with E-state index in [-0.39, 0.29) is 11.8 Å². The molecule has 0 aromatic heterocycles. The van der Waals surface area contributed by atoms with Gasteiger partial charge in [0.25, 0.3) is 0 Å². The van der Waals surface area contributed by atoms with Crippen LogP contribution >= 0.6 is 0 Å². The Morgan fingerprint density at radius 2 is 1.95 bits per heavy atom. The van der Waals surface area contributed by atoms with Gasteiger partial charge in [0.1, 0.15) is 0 Å². The van der Waals surface area contributed by atoms with Crippen molar-refractivity contribution in [2.75, 3.05) is 25.5 Å². The molecular weight excluding hydrogens is 278 g/mol. The van der Waals surface area contributed by atoms with Gasteiger partial charge in [0.2, 0.25) is 0 Å². The fourth-order valence-corrected chi connectivity index (χ4v) is 4.36. The third-order valence-corrected chi connectivity index (χ3v) is 5.51. The van der Waals surface area contributed by atoms with Gasteiger partial charge in [0.05, 0.1) is 23.9 Å². The summed E-state index contributed by atoms with van der Waals surface area (Å²) >= 11 is 0. The maximum atomic E-state index is 12.3. The highest BCUT2D eigenvalue weighted by molar-refractivity contribution is 7.91. The average Bonchev–Trinajstić information content (AvgIpc) is 2.65. The van der Waals surface area contributed by atoms with E-state index in [0.717, 1.165) is 18.5 Å². The highest BCUT2D eigenvalue weighted by Crippen LogP contribution is 2.40. The van der Waals surface area contributed by atoms with Gasteiger partial charge < -0.3 is 14.8 Å². The third-order valence-electron chi connectivity index (χ3n) is 3.72. The Kier molecular flexibility index (Phi) is 3.60. The van der Waals surface area contributed by atoms with Crippen molar-refractivity contribution in [2.24, 2.45) is 0 Å². The smallest absolute Gasteiger partial charge is 0.178 e. The van der Waals surface area contributed by atoms with E-state index in [9.17, 15) is 8.42 Å². The second-order valence-corrected chi connectivity index (χ2v) is 7.18. The predicted molar refractivity (Wildman–Crippen MR) is 75.1 cm³/mol. The molecule has 0 bridgehead atoms. The van der Waals surface area contributed by atoms with Crippen LogP contribution in [0.5, 0.6) is 11.5 Å². The minimum atomic E-state index is -3.21. The Morgan fingerprint density at radius 3 is 2.65 bits per heavy atom. The standard InChI is InChI=1S/C14H19NO4S/c1-2-15-11-4-7-20(16,17)14-9-13-12(8-10(11)14)18-5-3-6-19-13/h8-9,11,15H,2-7H2,1H3. The minimum absolute atomic E-state index is 0.0654. The van der Waals surface area contributed by atoms with Gasteiger partial charge >= 0.3 is 0 Å². The molecule has 1 aromatic carbocycles. The molecule has 1 aromatic rings. The molecule has 0 fully saturated rings. The van der Waals surface area contributed by atoms with Gasteiger partial charge in [-0.15, -0.1) is 0 Å². The van der Waals surface area contributed by atoms with Crippen LogP contribution in [-0.4, -0.2) is 33.9 Å². The molecule has 2 heterocycles. The van der Waals surface area contributed by atoms with Gasteiger partial charge in [-0.3, -0.25) is 0 Å². The molecule has 2 aliphatic rings. The molecule has 0 saturated carbocycles. The van der Waals surface area contributed by atoms with Crippen LogP contribution in [0.3, 0.4) is 0 Å². The summed E-state index contributed by atoms with van der Waals surface area (Å²) in [6.45, 7) is 3.98. The van der Waals surface area contributed by atoms with E-state index < -0.39 is 9.84 Å². The Balaban J connectivity index is 2.12. The van der Waals surface area contributed by atoms with Crippen LogP contribution < -0.4 is 14.8 Å². The molecule has 0 amide bonds. The van der Waals surface area contributed by atoms with Crippen molar-refractivity contribution >= 4 is 9.84 Å². The molecule has 0 radical (unpaired) electrons. The quantitative estimate of drug-likeness (QED) is 0.899. The van der Waals surface area contributed by atoms with Crippen molar-refractivity contribution in [1.82, 2.24) is 5.32 Å². The van der Waals surface area contributed by atoms with Crippen LogP contribution in [0.4, 0.5) is 0 Å². The van der Waals surface area contributed by atoms with Crippen LogP contribution in [0, 0.1) is 0 Å². The zero-order chi connectivity index (χ0) is 14.2. The van der Waals surface area contributed by atoms with Crippen molar-refractivity contribution < 1.29 is 17.9 Å². The van der Waals surface area contributed by atoms with E-state index in [1.165, 1.54) is 0 Å². The number of ether oxygens (including phenoxy) is 2. The SMILES string of the molecule is CCNC1CCS(=O)(=O)c2cc3c(cc21)OCCCO3. The van der Waals surface area contributed by atoms with E-state index in [2.05, 4.69) is 5.32 Å². The number of benzene rings is 1. The highest BCUT2D eigenvalue weighted by atomic mass is 32.2. The van der Waals surface area contributed by atoms with Crippen LogP contribution in [0.1, 0.15) is 31.4 Å². The van der Waals surface area contributed by atoms with Gasteiger partial charge in [-0.1, -0.05) is 6.92 Å². The van der Waals surface area contributed by atoms with Crippen LogP contribution in [-0.2, 0) is 9.84 Å². The summed E-state index contributed by atoms with van der Waals surface area (Å²) in [6, 6.07) is 3.53. The van der Waals surface area contributed by atoms with E-state index in [0.29, 0.717) is 36.0 Å². The van der Waals surface area contributed by atoms with E-state index >= 15 is 0 Å². The number of nitrogens with one attached hydrogen (secondary N) is 1. The van der Waals surface area contributed by atoms with Gasteiger partial charge in [0.15, 0.2) is 21.3 Å². The molecule has 0 aliphatic carbocycles. The Bertz CT molecular complexity index is 612. The summed E-state index contributed by atoms with van der Waals surface area (Å²) in [7, 11) is -3.21. The van der Waals surface area contributed by atoms with Gasteiger partial charge in [-0.25, -0.2) is 8.42 Å². The van der Waals surface area contributed by atoms with Crippen LogP contribution in [0.15, 0.2) is 17.0 Å². The third kappa shape index (κ3) is 2.38. The first-order valence-corrected chi connectivity index (χ1v) is 8.66. The molecule has 1 unspecified atom stereocenters. The summed E-state index contributed by atoms with van der Waals surface area (Å²) in [5.41, 5.74) is 0.808. The first kappa shape index (κ1) is 13.7. The zero-order valence-electron chi connectivity index (χ0n) is 11.5. The highest BCUT2D eigenvalue weighted by Gasteiger charge is 2.32. The molecule has 2 aliphatic heterocycles. The molecule has 3 rings (SSSR count). The predicted octanol–water partition coefficient (Wildman–Crippen LogP) is 1.68. The van der Waals surface area contributed by atoms with Crippen molar-refractivity contribution in [3.63, 3.8) is 0 Å². The monoisotopic (exact) mass is 297 g/mol. The topological polar surface area (TPSA) is 64.6 Å². The van der Waals surface area contributed by atoms with Crippen molar-refractivity contribution in [3.05, 3.63) is 17.7 Å². The lowest BCUT2D eigenvalue weighted by Crippen LogP contribution is -2.29. The number of sulfone groups is 1. The van der Waals surface area contributed by atoms with Crippen molar-refractivity contribution in [2.45, 2.75) is 30.7 Å². The summed E-state index contributed by atoms with van der Waals surface area (Å²) < 4.78 is 35.8. The van der Waals surface area contributed by atoms with E-state index in [4.69, 9.17) is 9.47 Å². The maximum Gasteiger partial charge on any atom is 0.178 e. The molecule has 110 valence electrons. The van der Waals surface area contributed by atoms with E-state index in [1.54, 1.807) is 6.07 Å². The molecule has 0 spiro atoms. The number of fused-ring (bicyclic) bond motifs is 2. The molecule has 1 N–H and O–H groups in total. The summed E-state index contributed by atoms with van der Waals surface area (Å²) in [4.78, 5) is 0.388. The molecule has 20 heavy (non-hydrogen) atoms. The molecule has 0 saturated heterocycles. The normalized spacial score (nSPS) is 23.8. The Hall–Kier alpha value is -1.27. The van der Waals surface area contributed by atoms with Crippen LogP contribution in [0.25, 0.3) is 0 Å². The molecular formula is C14H19NO4S. The number of rotatable bonds is 2. The van der Waals surface area contributed by atoms with E-state index in [1.807, 2.05) is 13.0 Å². The van der Waals surface area contributed by atoms with Gasteiger partial charge in [-0.2, -0.15) is 0 Å². The van der Waals surface area contributed by atoms with Gasteiger partial charge in [0, 0.05) is 18.5 Å². The lowest BCUT2D eigenvalue weighted by atomic mass is 10.0. The lowest BCUT2D eigenvalue weighted by molar-refractivity contribution is 0.296.